The number of nitrogens with zero attached hydrogens (tertiary/aromatic N) is 3. The Bertz CT molecular complexity index is 1010. The average molecular weight is 343 g/mol. The molecule has 9 nitrogen and oxygen atoms in total. The number of carboxylic acids is 1. The number of fused-ring (bicyclic) bond motifs is 1. The Kier molecular flexibility index (Phi) is 3.91. The van der Waals surface area contributed by atoms with E-state index in [-0.39, 0.29) is 12.2 Å². The van der Waals surface area contributed by atoms with Gasteiger partial charge in [-0.25, -0.2) is 9.59 Å². The summed E-state index contributed by atoms with van der Waals surface area (Å²) in [5.41, 5.74) is 0.0180. The first-order valence-electron chi connectivity index (χ1n) is 7.55. The zero-order valence-corrected chi connectivity index (χ0v) is 13.7. The van der Waals surface area contributed by atoms with E-state index in [1.807, 2.05) is 0 Å². The summed E-state index contributed by atoms with van der Waals surface area (Å²) in [5.74, 6) is -1.46. The Hall–Kier alpha value is -3.36. The van der Waals surface area contributed by atoms with E-state index in [0.717, 1.165) is 0 Å². The van der Waals surface area contributed by atoms with Crippen LogP contribution in [0.2, 0.25) is 0 Å². The van der Waals surface area contributed by atoms with Gasteiger partial charge in [-0.2, -0.15) is 5.10 Å². The third kappa shape index (κ3) is 3.03. The Balaban J connectivity index is 1.77. The third-order valence-corrected chi connectivity index (χ3v) is 3.95. The molecule has 0 radical (unpaired) electrons. The second kappa shape index (κ2) is 5.93. The molecule has 0 aliphatic heterocycles. The number of benzene rings is 1. The fraction of sp³-hybridized carbons (Fsp3) is 0.250. The number of anilines is 1. The topological polar surface area (TPSA) is 122 Å². The highest BCUT2D eigenvalue weighted by molar-refractivity contribution is 5.91. The van der Waals surface area contributed by atoms with E-state index >= 15 is 0 Å². The molecule has 2 heterocycles. The van der Waals surface area contributed by atoms with Crippen molar-refractivity contribution in [3.8, 4) is 0 Å². The van der Waals surface area contributed by atoms with Crippen LogP contribution in [-0.2, 0) is 21.7 Å². The maximum Gasteiger partial charge on any atom is 0.331 e. The summed E-state index contributed by atoms with van der Waals surface area (Å²) in [5, 5.41) is 15.8. The highest BCUT2D eigenvalue weighted by atomic mass is 16.4. The van der Waals surface area contributed by atoms with Gasteiger partial charge in [-0.1, -0.05) is 12.1 Å². The molecule has 130 valence electrons. The van der Waals surface area contributed by atoms with Crippen LogP contribution in [0.3, 0.4) is 0 Å². The second-order valence-electron chi connectivity index (χ2n) is 6.12. The number of hydrogen-bond acceptors (Lipinski definition) is 4. The molecule has 2 aromatic heterocycles. The van der Waals surface area contributed by atoms with Gasteiger partial charge in [0, 0.05) is 6.20 Å². The van der Waals surface area contributed by atoms with Gasteiger partial charge >= 0.3 is 11.7 Å². The molecule has 0 fully saturated rings. The Morgan fingerprint density at radius 2 is 2.04 bits per heavy atom. The first-order valence-corrected chi connectivity index (χ1v) is 7.55. The number of para-hydroxylation sites is 2. The molecule has 3 N–H and O–H groups in total. The van der Waals surface area contributed by atoms with Crippen molar-refractivity contribution in [2.24, 2.45) is 0 Å². The van der Waals surface area contributed by atoms with Crippen LogP contribution < -0.4 is 11.0 Å². The molecule has 1 amide bonds. The predicted molar refractivity (Wildman–Crippen MR) is 90.4 cm³/mol. The molecule has 0 aliphatic rings. The molecule has 9 heteroatoms. The van der Waals surface area contributed by atoms with E-state index in [0.29, 0.717) is 16.7 Å². The van der Waals surface area contributed by atoms with Crippen molar-refractivity contribution in [3.63, 3.8) is 0 Å². The van der Waals surface area contributed by atoms with E-state index in [2.05, 4.69) is 15.4 Å². The number of nitrogens with one attached hydrogen (secondary N) is 2. The largest absolute Gasteiger partial charge is 0.479 e. The number of aromatic amines is 1. The Morgan fingerprint density at radius 1 is 1.32 bits per heavy atom. The van der Waals surface area contributed by atoms with Gasteiger partial charge in [0.25, 0.3) is 0 Å². The van der Waals surface area contributed by atoms with E-state index in [4.69, 9.17) is 0 Å². The van der Waals surface area contributed by atoms with Gasteiger partial charge in [0.1, 0.15) is 6.54 Å². The maximum absolute atomic E-state index is 12.2. The van der Waals surface area contributed by atoms with Crippen LogP contribution in [0.1, 0.15) is 13.8 Å². The highest BCUT2D eigenvalue weighted by Crippen LogP contribution is 2.17. The molecule has 3 aromatic rings. The zero-order chi connectivity index (χ0) is 18.2. The van der Waals surface area contributed by atoms with Crippen LogP contribution in [0.5, 0.6) is 0 Å². The average Bonchev–Trinajstić information content (AvgIpc) is 3.13. The van der Waals surface area contributed by atoms with Gasteiger partial charge in [0.05, 0.1) is 22.9 Å². The van der Waals surface area contributed by atoms with E-state index in [1.54, 1.807) is 24.3 Å². The zero-order valence-electron chi connectivity index (χ0n) is 13.7. The summed E-state index contributed by atoms with van der Waals surface area (Å²) in [4.78, 5) is 38.1. The van der Waals surface area contributed by atoms with Crippen LogP contribution in [0.15, 0.2) is 41.5 Å². The third-order valence-electron chi connectivity index (χ3n) is 3.95. The first kappa shape index (κ1) is 16.5. The molecule has 0 atom stereocenters. The minimum atomic E-state index is -1.24. The molecule has 0 saturated heterocycles. The van der Waals surface area contributed by atoms with E-state index in [1.165, 1.54) is 35.5 Å². The molecular formula is C16H17N5O4. The van der Waals surface area contributed by atoms with Gasteiger partial charge in [0.2, 0.25) is 5.91 Å². The summed E-state index contributed by atoms with van der Waals surface area (Å²) in [6.07, 6.45) is 2.80. The molecule has 0 unspecified atom stereocenters. The van der Waals surface area contributed by atoms with Gasteiger partial charge < -0.3 is 15.4 Å². The molecule has 0 saturated carbocycles. The minimum absolute atomic E-state index is 0.170. The maximum atomic E-state index is 12.2. The number of carbonyl (C=O) groups is 2. The first-order chi connectivity index (χ1) is 11.8. The van der Waals surface area contributed by atoms with Crippen LogP contribution >= 0.6 is 0 Å². The smallest absolute Gasteiger partial charge is 0.331 e. The summed E-state index contributed by atoms with van der Waals surface area (Å²) in [6.45, 7) is 2.83. The van der Waals surface area contributed by atoms with E-state index < -0.39 is 17.4 Å². The SMILES string of the molecule is CC(C)(C(=O)O)n1cc(NC(=O)Cn2c(=O)[nH]c3ccccc32)cn1. The van der Waals surface area contributed by atoms with Gasteiger partial charge in [-0.05, 0) is 26.0 Å². The number of aliphatic carboxylic acids is 1. The van der Waals surface area contributed by atoms with Crippen molar-refractivity contribution in [3.05, 3.63) is 47.1 Å². The van der Waals surface area contributed by atoms with Crippen LogP contribution in [-0.4, -0.2) is 36.3 Å². The number of imidazole rings is 1. The fourth-order valence-corrected chi connectivity index (χ4v) is 2.40. The molecular weight excluding hydrogens is 326 g/mol. The summed E-state index contributed by atoms with van der Waals surface area (Å²) >= 11 is 0. The molecule has 0 bridgehead atoms. The molecule has 3 rings (SSSR count). The summed E-state index contributed by atoms with van der Waals surface area (Å²) < 4.78 is 2.58. The lowest BCUT2D eigenvalue weighted by Crippen LogP contribution is -2.35. The molecule has 25 heavy (non-hydrogen) atoms. The van der Waals surface area contributed by atoms with Crippen molar-refractivity contribution >= 4 is 28.6 Å². The Labute approximate surface area is 141 Å². The Morgan fingerprint density at radius 3 is 2.76 bits per heavy atom. The van der Waals surface area contributed by atoms with Gasteiger partial charge in [-0.15, -0.1) is 0 Å². The number of rotatable bonds is 5. The lowest BCUT2D eigenvalue weighted by molar-refractivity contribution is -0.146. The summed E-state index contributed by atoms with van der Waals surface area (Å²) in [6, 6.07) is 7.07. The van der Waals surface area contributed by atoms with Crippen molar-refractivity contribution in [1.82, 2.24) is 19.3 Å². The highest BCUT2D eigenvalue weighted by Gasteiger charge is 2.30. The lowest BCUT2D eigenvalue weighted by Gasteiger charge is -2.19. The number of amides is 1. The summed E-state index contributed by atoms with van der Waals surface area (Å²) in [7, 11) is 0. The van der Waals surface area contributed by atoms with Gasteiger partial charge in [0.15, 0.2) is 5.54 Å². The monoisotopic (exact) mass is 343 g/mol. The fourth-order valence-electron chi connectivity index (χ4n) is 2.40. The molecule has 0 spiro atoms. The number of carbonyl (C=O) groups excluding carboxylic acids is 1. The van der Waals surface area contributed by atoms with Gasteiger partial charge in [-0.3, -0.25) is 14.0 Å². The lowest BCUT2D eigenvalue weighted by atomic mass is 10.1. The van der Waals surface area contributed by atoms with Crippen LogP contribution in [0, 0.1) is 0 Å². The number of carboxylic acid groups (broad SMARTS) is 1. The van der Waals surface area contributed by atoms with Crippen molar-refractivity contribution in [2.75, 3.05) is 5.32 Å². The number of H-pyrrole nitrogens is 1. The van der Waals surface area contributed by atoms with Crippen LogP contribution in [0.25, 0.3) is 11.0 Å². The molecule has 1 aromatic carbocycles. The normalized spacial score (nSPS) is 11.6. The van der Waals surface area contributed by atoms with Crippen molar-refractivity contribution in [2.45, 2.75) is 25.9 Å². The second-order valence-corrected chi connectivity index (χ2v) is 6.12. The predicted octanol–water partition coefficient (Wildman–Crippen LogP) is 0.984. The number of aromatic nitrogens is 4. The minimum Gasteiger partial charge on any atom is -0.479 e. The quantitative estimate of drug-likeness (QED) is 0.637. The van der Waals surface area contributed by atoms with Crippen LogP contribution in [0.4, 0.5) is 5.69 Å². The van der Waals surface area contributed by atoms with Crippen molar-refractivity contribution < 1.29 is 14.7 Å². The number of hydrogen-bond donors (Lipinski definition) is 3. The standard InChI is InChI=1S/C16H17N5O4/c1-16(2,14(23)24)21-8-10(7-17-21)18-13(22)9-20-12-6-4-3-5-11(12)19-15(20)25/h3-8H,9H2,1-2H3,(H,18,22)(H,19,25)(H,23,24). The van der Waals surface area contributed by atoms with E-state index in [9.17, 15) is 19.5 Å². The van der Waals surface area contributed by atoms with Crippen molar-refractivity contribution in [1.29, 1.82) is 0 Å². The molecule has 0 aliphatic carbocycles.